The minimum atomic E-state index is 0.280. The van der Waals surface area contributed by atoms with Crippen LogP contribution in [0.5, 0.6) is 0 Å². The highest BCUT2D eigenvalue weighted by molar-refractivity contribution is 5.97. The van der Waals surface area contributed by atoms with Gasteiger partial charge >= 0.3 is 0 Å². The minimum Gasteiger partial charge on any atom is -0.495 e. The lowest BCUT2D eigenvalue weighted by Gasteiger charge is -2.36. The van der Waals surface area contributed by atoms with Crippen molar-refractivity contribution < 1.29 is 9.53 Å². The van der Waals surface area contributed by atoms with Crippen LogP contribution in [-0.2, 0) is 9.53 Å². The molecule has 0 aromatic carbocycles. The molecular weight excluding hydrogens is 188 g/mol. The van der Waals surface area contributed by atoms with Gasteiger partial charge in [0.25, 0.3) is 0 Å². The van der Waals surface area contributed by atoms with Crippen molar-refractivity contribution in [1.29, 1.82) is 0 Å². The molecule has 0 bridgehead atoms. The van der Waals surface area contributed by atoms with Gasteiger partial charge in [-0.25, -0.2) is 0 Å². The molecule has 2 aliphatic rings. The predicted molar refractivity (Wildman–Crippen MR) is 59.4 cm³/mol. The average molecular weight is 208 g/mol. The molecule has 0 N–H and O–H groups in total. The number of hydrogen-bond donors (Lipinski definition) is 0. The van der Waals surface area contributed by atoms with Crippen LogP contribution in [-0.4, -0.2) is 11.9 Å². The molecule has 0 aromatic rings. The zero-order valence-corrected chi connectivity index (χ0v) is 9.88. The Kier molecular flexibility index (Phi) is 2.85. The van der Waals surface area contributed by atoms with E-state index in [1.54, 1.807) is 0 Å². The first kappa shape index (κ1) is 10.7. The van der Waals surface area contributed by atoms with E-state index in [0.717, 1.165) is 37.0 Å². The van der Waals surface area contributed by atoms with Crippen molar-refractivity contribution in [2.45, 2.75) is 52.6 Å². The number of hydrogen-bond acceptors (Lipinski definition) is 2. The second-order valence-corrected chi connectivity index (χ2v) is 5.13. The second-order valence-electron chi connectivity index (χ2n) is 5.13. The van der Waals surface area contributed by atoms with E-state index in [9.17, 15) is 4.79 Å². The lowest BCUT2D eigenvalue weighted by Crippen LogP contribution is -2.32. The Morgan fingerprint density at radius 1 is 1.33 bits per heavy atom. The van der Waals surface area contributed by atoms with Gasteiger partial charge in [0, 0.05) is 18.4 Å². The van der Waals surface area contributed by atoms with Gasteiger partial charge in [-0.15, -0.1) is 0 Å². The Morgan fingerprint density at radius 2 is 2.07 bits per heavy atom. The summed E-state index contributed by atoms with van der Waals surface area (Å²) in [6, 6.07) is 0. The summed E-state index contributed by atoms with van der Waals surface area (Å²) < 4.78 is 5.80. The molecule has 2 atom stereocenters. The predicted octanol–water partition coefficient (Wildman–Crippen LogP) is 3.07. The van der Waals surface area contributed by atoms with Crippen molar-refractivity contribution in [3.05, 3.63) is 11.3 Å². The monoisotopic (exact) mass is 208 g/mol. The summed E-state index contributed by atoms with van der Waals surface area (Å²) in [6.45, 7) is 6.52. The smallest absolute Gasteiger partial charge is 0.162 e. The van der Waals surface area contributed by atoms with Crippen LogP contribution in [0.3, 0.4) is 0 Å². The van der Waals surface area contributed by atoms with Crippen molar-refractivity contribution in [1.82, 2.24) is 0 Å². The molecule has 0 amide bonds. The van der Waals surface area contributed by atoms with E-state index >= 15 is 0 Å². The highest BCUT2D eigenvalue weighted by Crippen LogP contribution is 2.39. The first-order valence-corrected chi connectivity index (χ1v) is 6.02. The number of Topliss-reactive ketones (excluding diaryl/α,β-unsaturated/α-hetero) is 1. The molecule has 2 rings (SSSR count). The molecule has 2 nitrogen and oxygen atoms in total. The summed E-state index contributed by atoms with van der Waals surface area (Å²) in [5.74, 6) is 2.31. The van der Waals surface area contributed by atoms with Crippen LogP contribution in [0.2, 0.25) is 0 Å². The first-order valence-electron chi connectivity index (χ1n) is 6.02. The fourth-order valence-corrected chi connectivity index (χ4v) is 2.74. The third-order valence-electron chi connectivity index (χ3n) is 3.51. The normalized spacial score (nSPS) is 31.6. The number of ether oxygens (including phenoxy) is 1. The van der Waals surface area contributed by atoms with E-state index in [0.29, 0.717) is 17.6 Å². The molecule has 1 aliphatic carbocycles. The topological polar surface area (TPSA) is 26.3 Å². The SMILES string of the molecule is CC1CC(C(C)C)C2=C(CCCC2=O)O1. The van der Waals surface area contributed by atoms with Crippen LogP contribution in [0.1, 0.15) is 46.5 Å². The van der Waals surface area contributed by atoms with Gasteiger partial charge in [-0.1, -0.05) is 13.8 Å². The maximum Gasteiger partial charge on any atom is 0.162 e. The van der Waals surface area contributed by atoms with Crippen molar-refractivity contribution >= 4 is 5.78 Å². The van der Waals surface area contributed by atoms with Gasteiger partial charge in [0.05, 0.1) is 6.10 Å². The van der Waals surface area contributed by atoms with Gasteiger partial charge in [-0.05, 0) is 31.6 Å². The summed E-state index contributed by atoms with van der Waals surface area (Å²) in [5.41, 5.74) is 1.02. The minimum absolute atomic E-state index is 0.280. The number of ketones is 1. The van der Waals surface area contributed by atoms with Crippen LogP contribution in [0, 0.1) is 11.8 Å². The van der Waals surface area contributed by atoms with E-state index in [1.165, 1.54) is 0 Å². The molecule has 0 radical (unpaired) electrons. The summed E-state index contributed by atoms with van der Waals surface area (Å²) in [6.07, 6.45) is 3.94. The van der Waals surface area contributed by atoms with E-state index in [4.69, 9.17) is 4.74 Å². The summed E-state index contributed by atoms with van der Waals surface area (Å²) in [4.78, 5) is 11.9. The highest BCUT2D eigenvalue weighted by Gasteiger charge is 2.35. The van der Waals surface area contributed by atoms with Crippen molar-refractivity contribution in [3.8, 4) is 0 Å². The highest BCUT2D eigenvalue weighted by atomic mass is 16.5. The van der Waals surface area contributed by atoms with Gasteiger partial charge in [0.15, 0.2) is 5.78 Å². The molecule has 0 aromatic heterocycles. The van der Waals surface area contributed by atoms with Crippen LogP contribution >= 0.6 is 0 Å². The van der Waals surface area contributed by atoms with E-state index in [-0.39, 0.29) is 6.10 Å². The molecule has 2 heteroatoms. The van der Waals surface area contributed by atoms with Crippen LogP contribution in [0.4, 0.5) is 0 Å². The molecule has 0 spiro atoms. The van der Waals surface area contributed by atoms with E-state index < -0.39 is 0 Å². The molecule has 0 fully saturated rings. The van der Waals surface area contributed by atoms with Crippen molar-refractivity contribution in [2.75, 3.05) is 0 Å². The fourth-order valence-electron chi connectivity index (χ4n) is 2.74. The largest absolute Gasteiger partial charge is 0.495 e. The van der Waals surface area contributed by atoms with Crippen LogP contribution in [0.25, 0.3) is 0 Å². The Balaban J connectivity index is 2.35. The average Bonchev–Trinajstić information content (AvgIpc) is 2.16. The summed E-state index contributed by atoms with van der Waals surface area (Å²) in [7, 11) is 0. The van der Waals surface area contributed by atoms with Crippen molar-refractivity contribution in [2.24, 2.45) is 11.8 Å². The maximum atomic E-state index is 11.9. The molecular formula is C13H20O2. The van der Waals surface area contributed by atoms with Crippen molar-refractivity contribution in [3.63, 3.8) is 0 Å². The summed E-state index contributed by atoms with van der Waals surface area (Å²) in [5, 5.41) is 0. The lowest BCUT2D eigenvalue weighted by atomic mass is 9.76. The van der Waals surface area contributed by atoms with Crippen LogP contribution < -0.4 is 0 Å². The Hall–Kier alpha value is -0.790. The maximum absolute atomic E-state index is 11.9. The zero-order chi connectivity index (χ0) is 11.0. The quantitative estimate of drug-likeness (QED) is 0.662. The standard InChI is InChI=1S/C13H20O2/c1-8(2)10-7-9(3)15-12-6-4-5-11(14)13(10)12/h8-10H,4-7H2,1-3H3. The number of allylic oxidation sites excluding steroid dienone is 2. The van der Waals surface area contributed by atoms with Gasteiger partial charge in [-0.2, -0.15) is 0 Å². The number of carbonyl (C=O) groups is 1. The Morgan fingerprint density at radius 3 is 2.73 bits per heavy atom. The zero-order valence-electron chi connectivity index (χ0n) is 9.88. The Labute approximate surface area is 91.7 Å². The van der Waals surface area contributed by atoms with Crippen LogP contribution in [0.15, 0.2) is 11.3 Å². The fraction of sp³-hybridized carbons (Fsp3) is 0.769. The number of carbonyl (C=O) groups excluding carboxylic acids is 1. The van der Waals surface area contributed by atoms with Gasteiger partial charge in [-0.3, -0.25) is 4.79 Å². The molecule has 1 aliphatic heterocycles. The molecule has 15 heavy (non-hydrogen) atoms. The molecule has 84 valence electrons. The van der Waals surface area contributed by atoms with Gasteiger partial charge in [0.2, 0.25) is 0 Å². The van der Waals surface area contributed by atoms with E-state index in [2.05, 4.69) is 20.8 Å². The lowest BCUT2D eigenvalue weighted by molar-refractivity contribution is -0.118. The molecule has 0 saturated carbocycles. The molecule has 0 saturated heterocycles. The third kappa shape index (κ3) is 1.95. The first-order chi connectivity index (χ1) is 7.09. The molecule has 2 unspecified atom stereocenters. The Bertz CT molecular complexity index is 302. The second kappa shape index (κ2) is 3.99. The molecule has 1 heterocycles. The van der Waals surface area contributed by atoms with Gasteiger partial charge < -0.3 is 4.74 Å². The van der Waals surface area contributed by atoms with Gasteiger partial charge in [0.1, 0.15) is 5.76 Å². The number of rotatable bonds is 1. The third-order valence-corrected chi connectivity index (χ3v) is 3.51. The van der Waals surface area contributed by atoms with E-state index in [1.807, 2.05) is 0 Å². The summed E-state index contributed by atoms with van der Waals surface area (Å²) >= 11 is 0.